The van der Waals surface area contributed by atoms with Gasteiger partial charge in [-0.05, 0) is 26.6 Å². The first-order chi connectivity index (χ1) is 10.1. The Morgan fingerprint density at radius 2 is 2.14 bits per heavy atom. The predicted molar refractivity (Wildman–Crippen MR) is 85.8 cm³/mol. The van der Waals surface area contributed by atoms with E-state index in [9.17, 15) is 4.39 Å². The number of halogens is 1. The minimum Gasteiger partial charge on any atom is -0.311 e. The summed E-state index contributed by atoms with van der Waals surface area (Å²) in [5, 5.41) is 6.45. The van der Waals surface area contributed by atoms with Crippen LogP contribution in [0.5, 0.6) is 0 Å². The Balaban J connectivity index is 1.99. The lowest BCUT2D eigenvalue weighted by Crippen LogP contribution is -2.23. The molecule has 21 heavy (non-hydrogen) atoms. The first-order valence-electron chi connectivity index (χ1n) is 7.20. The van der Waals surface area contributed by atoms with E-state index in [1.807, 2.05) is 26.1 Å². The van der Waals surface area contributed by atoms with E-state index >= 15 is 0 Å². The van der Waals surface area contributed by atoms with Crippen molar-refractivity contribution in [1.29, 1.82) is 0 Å². The van der Waals surface area contributed by atoms with E-state index in [-0.39, 0.29) is 11.9 Å². The third kappa shape index (κ3) is 4.33. The number of thiazole rings is 1. The molecule has 1 N–H and O–H groups in total. The molecule has 1 atom stereocenters. The molecule has 1 aromatic carbocycles. The zero-order valence-corrected chi connectivity index (χ0v) is 13.6. The van der Waals surface area contributed by atoms with Crippen molar-refractivity contribution >= 4 is 11.3 Å². The monoisotopic (exact) mass is 307 g/mol. The summed E-state index contributed by atoms with van der Waals surface area (Å²) in [4.78, 5) is 6.72. The van der Waals surface area contributed by atoms with E-state index in [0.29, 0.717) is 0 Å². The Bertz CT molecular complexity index is 570. The van der Waals surface area contributed by atoms with Gasteiger partial charge in [-0.2, -0.15) is 0 Å². The fourth-order valence-corrected chi connectivity index (χ4v) is 2.93. The molecule has 0 saturated heterocycles. The number of nitrogens with one attached hydrogen (secondary N) is 1. The highest BCUT2D eigenvalue weighted by molar-refractivity contribution is 7.09. The minimum atomic E-state index is -0.150. The van der Waals surface area contributed by atoms with Crippen LogP contribution in [-0.2, 0) is 13.1 Å². The second kappa shape index (κ2) is 7.64. The van der Waals surface area contributed by atoms with Crippen molar-refractivity contribution in [3.8, 4) is 0 Å². The van der Waals surface area contributed by atoms with Crippen LogP contribution >= 0.6 is 11.3 Å². The van der Waals surface area contributed by atoms with Crippen LogP contribution in [0.1, 0.15) is 36.2 Å². The van der Waals surface area contributed by atoms with Gasteiger partial charge >= 0.3 is 0 Å². The van der Waals surface area contributed by atoms with Crippen LogP contribution in [-0.4, -0.2) is 23.5 Å². The van der Waals surface area contributed by atoms with Crippen LogP contribution in [0.2, 0.25) is 0 Å². The molecule has 1 heterocycles. The molecule has 0 saturated carbocycles. The number of benzene rings is 1. The van der Waals surface area contributed by atoms with E-state index < -0.39 is 0 Å². The minimum absolute atomic E-state index is 0.0186. The van der Waals surface area contributed by atoms with Gasteiger partial charge in [-0.1, -0.05) is 25.1 Å². The second-order valence-electron chi connectivity index (χ2n) is 5.13. The van der Waals surface area contributed by atoms with Gasteiger partial charge in [-0.25, -0.2) is 9.37 Å². The van der Waals surface area contributed by atoms with Gasteiger partial charge in [0.15, 0.2) is 0 Å². The first-order valence-corrected chi connectivity index (χ1v) is 8.08. The molecule has 1 aromatic heterocycles. The summed E-state index contributed by atoms with van der Waals surface area (Å²) in [5.74, 6) is -0.150. The average molecular weight is 307 g/mol. The Hall–Kier alpha value is -1.30. The third-order valence-corrected chi connectivity index (χ3v) is 4.45. The van der Waals surface area contributed by atoms with Gasteiger partial charge in [-0.3, -0.25) is 4.90 Å². The number of hydrogen-bond acceptors (Lipinski definition) is 4. The lowest BCUT2D eigenvalue weighted by atomic mass is 10.1. The molecule has 0 spiro atoms. The molecule has 5 heteroatoms. The average Bonchev–Trinajstić information content (AvgIpc) is 2.92. The molecule has 0 aliphatic rings. The smallest absolute Gasteiger partial charge is 0.127 e. The van der Waals surface area contributed by atoms with Gasteiger partial charge in [-0.15, -0.1) is 11.3 Å². The summed E-state index contributed by atoms with van der Waals surface area (Å²) in [6, 6.07) is 6.97. The van der Waals surface area contributed by atoms with Crippen molar-refractivity contribution in [3.63, 3.8) is 0 Å². The van der Waals surface area contributed by atoms with E-state index in [2.05, 4.69) is 27.5 Å². The Labute approximate surface area is 129 Å². The Kier molecular flexibility index (Phi) is 5.85. The molecule has 1 unspecified atom stereocenters. The summed E-state index contributed by atoms with van der Waals surface area (Å²) in [5.41, 5.74) is 1.77. The molecular formula is C16H22FN3S. The van der Waals surface area contributed by atoms with E-state index in [1.165, 1.54) is 6.07 Å². The molecule has 2 aromatic rings. The van der Waals surface area contributed by atoms with Crippen LogP contribution < -0.4 is 5.32 Å². The van der Waals surface area contributed by atoms with Gasteiger partial charge in [0.25, 0.3) is 0 Å². The number of hydrogen-bond donors (Lipinski definition) is 1. The molecule has 0 bridgehead atoms. The van der Waals surface area contributed by atoms with E-state index in [1.54, 1.807) is 17.4 Å². The molecule has 0 aliphatic heterocycles. The molecular weight excluding hydrogens is 285 g/mol. The van der Waals surface area contributed by atoms with Crippen LogP contribution in [0.4, 0.5) is 4.39 Å². The van der Waals surface area contributed by atoms with Crippen LogP contribution in [0.15, 0.2) is 29.6 Å². The molecule has 2 rings (SSSR count). The predicted octanol–water partition coefficient (Wildman–Crippen LogP) is 3.58. The van der Waals surface area contributed by atoms with E-state index in [4.69, 9.17) is 0 Å². The van der Waals surface area contributed by atoms with Gasteiger partial charge in [0.1, 0.15) is 10.8 Å². The summed E-state index contributed by atoms with van der Waals surface area (Å²) in [6.45, 7) is 6.58. The van der Waals surface area contributed by atoms with Crippen molar-refractivity contribution < 1.29 is 4.39 Å². The van der Waals surface area contributed by atoms with Crippen molar-refractivity contribution in [2.45, 2.75) is 33.0 Å². The number of rotatable bonds is 7. The molecule has 114 valence electrons. The zero-order valence-electron chi connectivity index (χ0n) is 12.8. The maximum absolute atomic E-state index is 13.8. The maximum atomic E-state index is 13.8. The van der Waals surface area contributed by atoms with Crippen LogP contribution in [0.3, 0.4) is 0 Å². The van der Waals surface area contributed by atoms with Crippen molar-refractivity contribution in [2.24, 2.45) is 0 Å². The van der Waals surface area contributed by atoms with Crippen molar-refractivity contribution in [2.75, 3.05) is 13.6 Å². The van der Waals surface area contributed by atoms with Crippen LogP contribution in [0, 0.1) is 5.82 Å². The maximum Gasteiger partial charge on any atom is 0.127 e. The molecule has 0 fully saturated rings. The molecule has 0 radical (unpaired) electrons. The first kappa shape index (κ1) is 16.1. The number of aromatic nitrogens is 1. The van der Waals surface area contributed by atoms with Crippen molar-refractivity contribution in [1.82, 2.24) is 15.2 Å². The summed E-state index contributed by atoms with van der Waals surface area (Å²) < 4.78 is 13.8. The normalized spacial score (nSPS) is 12.8. The highest BCUT2D eigenvalue weighted by Gasteiger charge is 2.16. The van der Waals surface area contributed by atoms with Crippen molar-refractivity contribution in [3.05, 3.63) is 51.7 Å². The highest BCUT2D eigenvalue weighted by atomic mass is 32.1. The Morgan fingerprint density at radius 3 is 2.86 bits per heavy atom. The largest absolute Gasteiger partial charge is 0.311 e. The lowest BCUT2D eigenvalue weighted by molar-refractivity contribution is 0.245. The second-order valence-corrected chi connectivity index (χ2v) is 6.07. The van der Waals surface area contributed by atoms with Crippen LogP contribution in [0.25, 0.3) is 0 Å². The number of nitrogens with zero attached hydrogens (tertiary/aromatic N) is 2. The molecule has 0 amide bonds. The fourth-order valence-electron chi connectivity index (χ4n) is 2.18. The zero-order chi connectivity index (χ0) is 15.2. The van der Waals surface area contributed by atoms with Gasteiger partial charge in [0, 0.05) is 30.1 Å². The van der Waals surface area contributed by atoms with E-state index in [0.717, 1.165) is 35.9 Å². The summed E-state index contributed by atoms with van der Waals surface area (Å²) >= 11 is 1.67. The quantitative estimate of drug-likeness (QED) is 0.847. The fraction of sp³-hybridized carbons (Fsp3) is 0.438. The Morgan fingerprint density at radius 1 is 1.38 bits per heavy atom. The SMILES string of the molecule is CCNCc1nc(CN(C)C(C)c2ccccc2F)cs1. The molecule has 3 nitrogen and oxygen atoms in total. The summed E-state index contributed by atoms with van der Waals surface area (Å²) in [7, 11) is 2.00. The van der Waals surface area contributed by atoms with Gasteiger partial charge in [0.05, 0.1) is 5.69 Å². The highest BCUT2D eigenvalue weighted by Crippen LogP contribution is 2.23. The lowest BCUT2D eigenvalue weighted by Gasteiger charge is -2.24. The third-order valence-electron chi connectivity index (χ3n) is 3.55. The van der Waals surface area contributed by atoms with Gasteiger partial charge in [0.2, 0.25) is 0 Å². The summed E-state index contributed by atoms with van der Waals surface area (Å²) in [6.07, 6.45) is 0. The molecule has 0 aliphatic carbocycles. The topological polar surface area (TPSA) is 28.2 Å². The standard InChI is InChI=1S/C16H22FN3S/c1-4-18-9-16-19-13(11-21-16)10-20(3)12(2)14-7-5-6-8-15(14)17/h5-8,11-12,18H,4,9-10H2,1-3H3. The van der Waals surface area contributed by atoms with Gasteiger partial charge < -0.3 is 5.32 Å².